The van der Waals surface area contributed by atoms with E-state index in [0.29, 0.717) is 4.47 Å². The standard InChI is InChI=1S/C11H7BrF3N3O3/c12-7-1-2-9(21-11(13,14)15)6(3-7)5-18-16-4-8(17-18)10(19)20/h1-4H,5H2,(H,19,20). The van der Waals surface area contributed by atoms with E-state index in [9.17, 15) is 18.0 Å². The minimum Gasteiger partial charge on any atom is -0.476 e. The molecular weight excluding hydrogens is 359 g/mol. The van der Waals surface area contributed by atoms with Crippen LogP contribution in [0.25, 0.3) is 0 Å². The number of hydrogen-bond acceptors (Lipinski definition) is 4. The maximum atomic E-state index is 12.3. The highest BCUT2D eigenvalue weighted by atomic mass is 79.9. The zero-order valence-corrected chi connectivity index (χ0v) is 11.7. The molecule has 0 aliphatic heterocycles. The number of aromatic carboxylic acids is 1. The van der Waals surface area contributed by atoms with Crippen LogP contribution in [0.15, 0.2) is 28.9 Å². The summed E-state index contributed by atoms with van der Waals surface area (Å²) < 4.78 is 41.4. The maximum Gasteiger partial charge on any atom is 0.573 e. The number of benzene rings is 1. The van der Waals surface area contributed by atoms with Gasteiger partial charge in [-0.1, -0.05) is 15.9 Å². The third-order valence-corrected chi connectivity index (χ3v) is 2.81. The van der Waals surface area contributed by atoms with Crippen molar-refractivity contribution in [3.05, 3.63) is 40.1 Å². The summed E-state index contributed by atoms with van der Waals surface area (Å²) in [4.78, 5) is 11.6. The molecule has 112 valence electrons. The van der Waals surface area contributed by atoms with E-state index >= 15 is 0 Å². The van der Waals surface area contributed by atoms with Crippen LogP contribution in [0.4, 0.5) is 13.2 Å². The first-order chi connectivity index (χ1) is 9.74. The quantitative estimate of drug-likeness (QED) is 0.901. The molecule has 0 fully saturated rings. The van der Waals surface area contributed by atoms with Gasteiger partial charge in [0.15, 0.2) is 5.69 Å². The van der Waals surface area contributed by atoms with Crippen molar-refractivity contribution >= 4 is 21.9 Å². The predicted octanol–water partition coefficient (Wildman–Crippen LogP) is 2.69. The number of carboxylic acid groups (broad SMARTS) is 1. The van der Waals surface area contributed by atoms with Crippen molar-refractivity contribution in [3.63, 3.8) is 0 Å². The largest absolute Gasteiger partial charge is 0.573 e. The number of ether oxygens (including phenoxy) is 1. The molecule has 1 aromatic heterocycles. The van der Waals surface area contributed by atoms with E-state index in [0.717, 1.165) is 17.1 Å². The lowest BCUT2D eigenvalue weighted by atomic mass is 10.2. The van der Waals surface area contributed by atoms with Gasteiger partial charge in [0.2, 0.25) is 0 Å². The summed E-state index contributed by atoms with van der Waals surface area (Å²) in [6.07, 6.45) is -3.82. The van der Waals surface area contributed by atoms with Gasteiger partial charge in [0.1, 0.15) is 5.75 Å². The van der Waals surface area contributed by atoms with Crippen LogP contribution < -0.4 is 4.74 Å². The van der Waals surface area contributed by atoms with Gasteiger partial charge in [-0.2, -0.15) is 9.90 Å². The van der Waals surface area contributed by atoms with Gasteiger partial charge in [-0.05, 0) is 18.2 Å². The Kier molecular flexibility index (Phi) is 4.16. The van der Waals surface area contributed by atoms with Crippen LogP contribution in [-0.2, 0) is 6.54 Å². The normalized spacial score (nSPS) is 11.4. The Morgan fingerprint density at radius 3 is 2.71 bits per heavy atom. The Morgan fingerprint density at radius 1 is 1.43 bits per heavy atom. The molecule has 0 aliphatic carbocycles. The first kappa shape index (κ1) is 15.3. The fourth-order valence-corrected chi connectivity index (χ4v) is 1.93. The zero-order valence-electron chi connectivity index (χ0n) is 10.1. The average Bonchev–Trinajstić information content (AvgIpc) is 2.80. The molecule has 1 heterocycles. The van der Waals surface area contributed by atoms with E-state index in [-0.39, 0.29) is 17.8 Å². The molecule has 0 saturated heterocycles. The predicted molar refractivity (Wildman–Crippen MR) is 66.9 cm³/mol. The van der Waals surface area contributed by atoms with Crippen molar-refractivity contribution in [2.75, 3.05) is 0 Å². The Morgan fingerprint density at radius 2 is 2.14 bits per heavy atom. The summed E-state index contributed by atoms with van der Waals surface area (Å²) >= 11 is 3.14. The Bertz CT molecular complexity index is 672. The molecule has 21 heavy (non-hydrogen) atoms. The molecule has 6 nitrogen and oxygen atoms in total. The second kappa shape index (κ2) is 5.72. The fraction of sp³-hybridized carbons (Fsp3) is 0.182. The van der Waals surface area contributed by atoms with Crippen molar-refractivity contribution in [3.8, 4) is 5.75 Å². The molecule has 0 unspecified atom stereocenters. The molecule has 10 heteroatoms. The highest BCUT2D eigenvalue weighted by Gasteiger charge is 2.32. The SMILES string of the molecule is O=C(O)c1cnn(Cc2cc(Br)ccc2OC(F)(F)F)n1. The summed E-state index contributed by atoms with van der Waals surface area (Å²) in [5, 5.41) is 16.0. The fourth-order valence-electron chi connectivity index (χ4n) is 1.52. The summed E-state index contributed by atoms with van der Waals surface area (Å²) in [7, 11) is 0. The number of carbonyl (C=O) groups is 1. The van der Waals surface area contributed by atoms with Crippen molar-refractivity contribution in [1.29, 1.82) is 0 Å². The van der Waals surface area contributed by atoms with E-state index in [1.807, 2.05) is 0 Å². The van der Waals surface area contributed by atoms with Crippen LogP contribution in [0, 0.1) is 0 Å². The first-order valence-corrected chi connectivity index (χ1v) is 6.21. The van der Waals surface area contributed by atoms with Gasteiger partial charge in [0.25, 0.3) is 0 Å². The number of alkyl halides is 3. The minimum absolute atomic E-state index is 0.147. The molecule has 2 rings (SSSR count). The van der Waals surface area contributed by atoms with Crippen LogP contribution in [0.5, 0.6) is 5.75 Å². The first-order valence-electron chi connectivity index (χ1n) is 5.42. The number of aromatic nitrogens is 3. The highest BCUT2D eigenvalue weighted by molar-refractivity contribution is 9.10. The van der Waals surface area contributed by atoms with E-state index in [1.165, 1.54) is 12.1 Å². The van der Waals surface area contributed by atoms with Crippen LogP contribution in [0.2, 0.25) is 0 Å². The zero-order chi connectivity index (χ0) is 15.6. The van der Waals surface area contributed by atoms with Crippen LogP contribution in [-0.4, -0.2) is 32.4 Å². The average molecular weight is 366 g/mol. The maximum absolute atomic E-state index is 12.3. The number of nitrogens with zero attached hydrogens (tertiary/aromatic N) is 3. The lowest BCUT2D eigenvalue weighted by molar-refractivity contribution is -0.274. The molecular formula is C11H7BrF3N3O3. The highest BCUT2D eigenvalue weighted by Crippen LogP contribution is 2.29. The summed E-state index contributed by atoms with van der Waals surface area (Å²) in [5.41, 5.74) is -0.155. The third-order valence-electron chi connectivity index (χ3n) is 2.32. The molecule has 0 spiro atoms. The van der Waals surface area contributed by atoms with Gasteiger partial charge < -0.3 is 9.84 Å². The monoisotopic (exact) mass is 365 g/mol. The molecule has 0 amide bonds. The summed E-state index contributed by atoms with van der Waals surface area (Å²) in [6.45, 7) is -0.169. The lowest BCUT2D eigenvalue weighted by Crippen LogP contribution is -2.19. The third kappa shape index (κ3) is 4.18. The number of hydrogen-bond donors (Lipinski definition) is 1. The lowest BCUT2D eigenvalue weighted by Gasteiger charge is -2.13. The molecule has 1 N–H and O–H groups in total. The van der Waals surface area contributed by atoms with Crippen LogP contribution in [0.3, 0.4) is 0 Å². The van der Waals surface area contributed by atoms with E-state index in [1.54, 1.807) is 0 Å². The van der Waals surface area contributed by atoms with E-state index < -0.39 is 18.1 Å². The Balaban J connectivity index is 2.29. The summed E-state index contributed by atoms with van der Waals surface area (Å²) in [5.74, 6) is -1.68. The number of halogens is 4. The summed E-state index contributed by atoms with van der Waals surface area (Å²) in [6, 6.07) is 3.95. The van der Waals surface area contributed by atoms with E-state index in [2.05, 4.69) is 30.9 Å². The van der Waals surface area contributed by atoms with Gasteiger partial charge in [-0.25, -0.2) is 4.79 Å². The molecule has 0 aliphatic rings. The smallest absolute Gasteiger partial charge is 0.476 e. The second-order valence-electron chi connectivity index (χ2n) is 3.87. The van der Waals surface area contributed by atoms with Gasteiger partial charge in [0.05, 0.1) is 12.7 Å². The minimum atomic E-state index is -4.83. The van der Waals surface area contributed by atoms with Crippen molar-refractivity contribution in [2.24, 2.45) is 0 Å². The Labute approximate surface area is 124 Å². The van der Waals surface area contributed by atoms with Gasteiger partial charge >= 0.3 is 12.3 Å². The van der Waals surface area contributed by atoms with E-state index in [4.69, 9.17) is 5.11 Å². The molecule has 0 atom stereocenters. The van der Waals surface area contributed by atoms with Gasteiger partial charge in [-0.3, -0.25) is 0 Å². The van der Waals surface area contributed by atoms with Gasteiger partial charge in [-0.15, -0.1) is 18.3 Å². The van der Waals surface area contributed by atoms with Crippen LogP contribution >= 0.6 is 15.9 Å². The number of carboxylic acids is 1. The Hall–Kier alpha value is -2.10. The molecule has 0 radical (unpaired) electrons. The molecule has 0 bridgehead atoms. The second-order valence-corrected chi connectivity index (χ2v) is 4.78. The molecule has 2 aromatic rings. The number of rotatable bonds is 4. The van der Waals surface area contributed by atoms with Crippen molar-refractivity contribution < 1.29 is 27.8 Å². The van der Waals surface area contributed by atoms with Gasteiger partial charge in [0, 0.05) is 10.0 Å². The molecule has 0 saturated carbocycles. The van der Waals surface area contributed by atoms with Crippen molar-refractivity contribution in [2.45, 2.75) is 12.9 Å². The molecule has 1 aromatic carbocycles. The van der Waals surface area contributed by atoms with Crippen molar-refractivity contribution in [1.82, 2.24) is 15.0 Å². The topological polar surface area (TPSA) is 77.2 Å². The van der Waals surface area contributed by atoms with Crippen LogP contribution in [0.1, 0.15) is 16.1 Å².